The fourth-order valence-electron chi connectivity index (χ4n) is 1.56. The number of halogens is 1. The molecule has 4 N–H and O–H groups in total. The predicted octanol–water partition coefficient (Wildman–Crippen LogP) is 1.95. The van der Waals surface area contributed by atoms with Gasteiger partial charge in [0.05, 0.1) is 0 Å². The molecule has 0 unspecified atom stereocenters. The van der Waals surface area contributed by atoms with Crippen molar-refractivity contribution in [3.05, 3.63) is 28.8 Å². The molecule has 1 aromatic rings. The van der Waals surface area contributed by atoms with Crippen LogP contribution in [0.2, 0.25) is 5.02 Å². The molecular weight excluding hydrogens is 294 g/mol. The highest BCUT2D eigenvalue weighted by Gasteiger charge is 2.18. The lowest BCUT2D eigenvalue weighted by molar-refractivity contribution is -0.152. The van der Waals surface area contributed by atoms with Gasteiger partial charge in [-0.15, -0.1) is 0 Å². The van der Waals surface area contributed by atoms with E-state index in [0.29, 0.717) is 10.7 Å². The van der Waals surface area contributed by atoms with Gasteiger partial charge in [0.2, 0.25) is 0 Å². The number of ether oxygens (including phenoxy) is 1. The zero-order chi connectivity index (χ0) is 16.2. The first-order valence-electron chi connectivity index (χ1n) is 6.24. The zero-order valence-electron chi connectivity index (χ0n) is 12.1. The molecule has 0 atom stereocenters. The normalized spacial score (nSPS) is 10.9. The number of amides is 1. The summed E-state index contributed by atoms with van der Waals surface area (Å²) < 4.78 is 5.16. The number of hydrogen-bond donors (Lipinski definition) is 3. The molecule has 1 amide bonds. The lowest BCUT2D eigenvalue weighted by Gasteiger charge is -2.20. The van der Waals surface area contributed by atoms with Gasteiger partial charge < -0.3 is 15.8 Å². The fraction of sp³-hybridized carbons (Fsp3) is 0.357. The van der Waals surface area contributed by atoms with E-state index in [0.717, 1.165) is 0 Å². The van der Waals surface area contributed by atoms with Gasteiger partial charge in [0, 0.05) is 16.3 Å². The van der Waals surface area contributed by atoms with Gasteiger partial charge in [0.1, 0.15) is 17.9 Å². The second kappa shape index (κ2) is 6.58. The highest BCUT2D eigenvalue weighted by Crippen LogP contribution is 2.21. The van der Waals surface area contributed by atoms with Crippen molar-refractivity contribution in [2.75, 3.05) is 11.9 Å². The van der Waals surface area contributed by atoms with Crippen molar-refractivity contribution in [2.24, 2.45) is 5.73 Å². The molecule has 0 bridgehead atoms. The van der Waals surface area contributed by atoms with E-state index in [2.05, 4.69) is 5.32 Å². The lowest BCUT2D eigenvalue weighted by atomic mass is 10.1. The van der Waals surface area contributed by atoms with Crippen molar-refractivity contribution in [3.63, 3.8) is 0 Å². The van der Waals surface area contributed by atoms with Gasteiger partial charge in [-0.1, -0.05) is 11.6 Å². The van der Waals surface area contributed by atoms with Crippen molar-refractivity contribution < 1.29 is 14.3 Å². The summed E-state index contributed by atoms with van der Waals surface area (Å²) in [5.41, 5.74) is 4.79. The van der Waals surface area contributed by atoms with Crippen LogP contribution in [0.3, 0.4) is 0 Å². The van der Waals surface area contributed by atoms with E-state index in [-0.39, 0.29) is 17.8 Å². The lowest BCUT2D eigenvalue weighted by Crippen LogP contribution is -2.29. The molecule has 0 radical (unpaired) electrons. The number of carbonyl (C=O) groups excluding carboxylic acids is 2. The Morgan fingerprint density at radius 3 is 2.52 bits per heavy atom. The summed E-state index contributed by atoms with van der Waals surface area (Å²) in [5.74, 6) is -1.32. The maximum absolute atomic E-state index is 11.7. The van der Waals surface area contributed by atoms with E-state index in [1.165, 1.54) is 18.2 Å². The molecule has 0 heterocycles. The van der Waals surface area contributed by atoms with Gasteiger partial charge in [-0.05, 0) is 39.0 Å². The monoisotopic (exact) mass is 311 g/mol. The minimum atomic E-state index is -0.863. The largest absolute Gasteiger partial charge is 0.459 e. The Hall–Kier alpha value is -2.08. The molecule has 0 aliphatic heterocycles. The second-order valence-corrected chi connectivity index (χ2v) is 5.81. The third kappa shape index (κ3) is 5.43. The Morgan fingerprint density at radius 1 is 1.38 bits per heavy atom. The molecule has 21 heavy (non-hydrogen) atoms. The van der Waals surface area contributed by atoms with Gasteiger partial charge in [0.15, 0.2) is 0 Å². The summed E-state index contributed by atoms with van der Waals surface area (Å²) in [6.07, 6.45) is 0. The van der Waals surface area contributed by atoms with Crippen LogP contribution in [0.25, 0.3) is 0 Å². The summed E-state index contributed by atoms with van der Waals surface area (Å²) in [4.78, 5) is 22.8. The number of primary amides is 1. The van der Waals surface area contributed by atoms with Crippen LogP contribution in [0.15, 0.2) is 18.2 Å². The summed E-state index contributed by atoms with van der Waals surface area (Å²) in [5, 5.41) is 10.9. The summed E-state index contributed by atoms with van der Waals surface area (Å²) in [7, 11) is 0. The van der Waals surface area contributed by atoms with Gasteiger partial charge in [-0.2, -0.15) is 0 Å². The fourth-order valence-corrected chi connectivity index (χ4v) is 1.73. The third-order valence-corrected chi connectivity index (χ3v) is 2.58. The molecule has 0 spiro atoms. The number of rotatable bonds is 5. The van der Waals surface area contributed by atoms with E-state index in [1.807, 2.05) is 0 Å². The molecule has 0 aromatic heterocycles. The van der Waals surface area contributed by atoms with E-state index in [9.17, 15) is 9.59 Å². The molecule has 0 aliphatic carbocycles. The number of anilines is 1. The van der Waals surface area contributed by atoms with Crippen LogP contribution in [0.4, 0.5) is 5.69 Å². The predicted molar refractivity (Wildman–Crippen MR) is 81.8 cm³/mol. The quantitative estimate of drug-likeness (QED) is 0.571. The minimum absolute atomic E-state index is 0.114. The minimum Gasteiger partial charge on any atom is -0.459 e. The van der Waals surface area contributed by atoms with Crippen LogP contribution >= 0.6 is 11.6 Å². The van der Waals surface area contributed by atoms with Crippen LogP contribution in [-0.2, 0) is 14.3 Å². The van der Waals surface area contributed by atoms with E-state index in [1.54, 1.807) is 20.8 Å². The molecule has 6 nitrogen and oxygen atoms in total. The number of carbonyl (C=O) groups is 2. The number of benzene rings is 1. The highest BCUT2D eigenvalue weighted by molar-refractivity contribution is 6.45. The van der Waals surface area contributed by atoms with Crippen molar-refractivity contribution >= 4 is 34.9 Å². The standard InChI is InChI=1S/C14H18ClN3O3/c1-14(2,3)21-11(19)7-18-10-6-8(15)4-5-9(10)12(16)13(17)20/h4-6,16,18H,7H2,1-3H3,(H2,17,20). The molecular formula is C14H18ClN3O3. The topological polar surface area (TPSA) is 105 Å². The molecule has 1 rings (SSSR count). The average molecular weight is 312 g/mol. The van der Waals surface area contributed by atoms with Crippen LogP contribution in [0.1, 0.15) is 26.3 Å². The van der Waals surface area contributed by atoms with Gasteiger partial charge in [0.25, 0.3) is 5.91 Å². The molecule has 1 aromatic carbocycles. The van der Waals surface area contributed by atoms with Crippen molar-refractivity contribution in [3.8, 4) is 0 Å². The summed E-state index contributed by atoms with van der Waals surface area (Å²) in [6, 6.07) is 4.54. The molecule has 0 saturated heterocycles. The number of nitrogens with one attached hydrogen (secondary N) is 2. The van der Waals surface area contributed by atoms with Gasteiger partial charge in [-0.3, -0.25) is 15.0 Å². The Balaban J connectivity index is 2.87. The van der Waals surface area contributed by atoms with Gasteiger partial charge in [-0.25, -0.2) is 0 Å². The Bertz CT molecular complexity index is 579. The first-order valence-corrected chi connectivity index (χ1v) is 6.62. The Labute approximate surface area is 128 Å². The first kappa shape index (κ1) is 17.0. The Kier molecular flexibility index (Phi) is 5.32. The molecule has 114 valence electrons. The number of hydrogen-bond acceptors (Lipinski definition) is 5. The maximum atomic E-state index is 11.7. The SMILES string of the molecule is CC(C)(C)OC(=O)CNc1cc(Cl)ccc1C(=N)C(N)=O. The second-order valence-electron chi connectivity index (χ2n) is 5.37. The molecule has 0 aliphatic rings. The Morgan fingerprint density at radius 2 is 2.00 bits per heavy atom. The molecule has 0 saturated carbocycles. The molecule has 7 heteroatoms. The van der Waals surface area contributed by atoms with Crippen LogP contribution in [-0.4, -0.2) is 29.7 Å². The van der Waals surface area contributed by atoms with E-state index >= 15 is 0 Å². The van der Waals surface area contributed by atoms with E-state index in [4.69, 9.17) is 27.5 Å². The first-order chi connectivity index (χ1) is 9.60. The third-order valence-electron chi connectivity index (χ3n) is 2.34. The maximum Gasteiger partial charge on any atom is 0.325 e. The zero-order valence-corrected chi connectivity index (χ0v) is 12.9. The van der Waals surface area contributed by atoms with Crippen molar-refractivity contribution in [1.29, 1.82) is 5.41 Å². The van der Waals surface area contributed by atoms with Crippen molar-refractivity contribution in [1.82, 2.24) is 0 Å². The smallest absolute Gasteiger partial charge is 0.325 e. The highest BCUT2D eigenvalue weighted by atomic mass is 35.5. The van der Waals surface area contributed by atoms with Crippen LogP contribution < -0.4 is 11.1 Å². The molecule has 0 fully saturated rings. The van der Waals surface area contributed by atoms with Crippen LogP contribution in [0, 0.1) is 5.41 Å². The van der Waals surface area contributed by atoms with Crippen LogP contribution in [0.5, 0.6) is 0 Å². The van der Waals surface area contributed by atoms with Gasteiger partial charge >= 0.3 is 5.97 Å². The average Bonchev–Trinajstić information content (AvgIpc) is 2.33. The summed E-state index contributed by atoms with van der Waals surface area (Å²) >= 11 is 5.88. The summed E-state index contributed by atoms with van der Waals surface area (Å²) in [6.45, 7) is 5.17. The van der Waals surface area contributed by atoms with Crippen molar-refractivity contribution in [2.45, 2.75) is 26.4 Å². The number of esters is 1. The van der Waals surface area contributed by atoms with E-state index < -0.39 is 17.5 Å². The number of nitrogens with two attached hydrogens (primary N) is 1.